The summed E-state index contributed by atoms with van der Waals surface area (Å²) in [5.74, 6) is 0.0279. The van der Waals surface area contributed by atoms with Gasteiger partial charge in [0.1, 0.15) is 5.82 Å². The van der Waals surface area contributed by atoms with Crippen LogP contribution in [-0.2, 0) is 4.79 Å². The molecule has 210 valence electrons. The Morgan fingerprint density at radius 2 is 1.85 bits per heavy atom. The second-order valence-electron chi connectivity index (χ2n) is 9.65. The number of para-hydroxylation sites is 1. The highest BCUT2D eigenvalue weighted by Crippen LogP contribution is 2.37. The minimum Gasteiger partial charge on any atom is -0.493 e. The second kappa shape index (κ2) is 11.7. The number of fused-ring (bicyclic) bond motifs is 1. The molecule has 1 aliphatic heterocycles. The fourth-order valence-corrected chi connectivity index (χ4v) is 5.93. The van der Waals surface area contributed by atoms with E-state index in [-0.39, 0.29) is 11.7 Å². The number of nitrogens with one attached hydrogen (secondary N) is 1. The molecule has 1 amide bonds. The molecule has 5 rings (SSSR count). The van der Waals surface area contributed by atoms with Crippen LogP contribution in [0.25, 0.3) is 6.08 Å². The van der Waals surface area contributed by atoms with Gasteiger partial charge in [-0.15, -0.1) is 0 Å². The molecule has 41 heavy (non-hydrogen) atoms. The zero-order valence-corrected chi connectivity index (χ0v) is 24.3. The van der Waals surface area contributed by atoms with Crippen molar-refractivity contribution in [1.29, 1.82) is 0 Å². The predicted molar refractivity (Wildman–Crippen MR) is 159 cm³/mol. The third kappa shape index (κ3) is 5.82. The van der Waals surface area contributed by atoms with Gasteiger partial charge in [0.15, 0.2) is 16.3 Å². The first-order valence-electron chi connectivity index (χ1n) is 12.8. The van der Waals surface area contributed by atoms with E-state index in [9.17, 15) is 14.0 Å². The molecule has 0 bridgehead atoms. The van der Waals surface area contributed by atoms with Crippen LogP contribution >= 0.6 is 22.9 Å². The number of halogens is 2. The summed E-state index contributed by atoms with van der Waals surface area (Å²) in [4.78, 5) is 32.6. The lowest BCUT2D eigenvalue weighted by Crippen LogP contribution is -2.40. The molecule has 1 N–H and O–H groups in total. The van der Waals surface area contributed by atoms with E-state index < -0.39 is 17.8 Å². The number of amides is 1. The fourth-order valence-electron chi connectivity index (χ4n) is 4.62. The lowest BCUT2D eigenvalue weighted by Gasteiger charge is -2.25. The number of anilines is 1. The minimum absolute atomic E-state index is 0.112. The van der Waals surface area contributed by atoms with E-state index >= 15 is 0 Å². The number of hydrogen-bond acceptors (Lipinski definition) is 6. The number of thiazole rings is 1. The van der Waals surface area contributed by atoms with Crippen LogP contribution in [-0.4, -0.2) is 23.7 Å². The van der Waals surface area contributed by atoms with Crippen LogP contribution in [0, 0.1) is 5.82 Å². The van der Waals surface area contributed by atoms with E-state index in [2.05, 4.69) is 10.3 Å². The molecular formula is C31H27ClFN3O4S. The van der Waals surface area contributed by atoms with Crippen LogP contribution in [0.3, 0.4) is 0 Å². The highest BCUT2D eigenvalue weighted by molar-refractivity contribution is 7.07. The first-order chi connectivity index (χ1) is 19.7. The van der Waals surface area contributed by atoms with E-state index in [0.29, 0.717) is 53.9 Å². The van der Waals surface area contributed by atoms with Crippen molar-refractivity contribution in [3.8, 4) is 11.5 Å². The van der Waals surface area contributed by atoms with Gasteiger partial charge in [-0.05, 0) is 74.4 Å². The first-order valence-corrected chi connectivity index (χ1v) is 14.0. The highest BCUT2D eigenvalue weighted by Gasteiger charge is 2.32. The fraction of sp³-hybridized carbons (Fsp3) is 0.194. The smallest absolute Gasteiger partial charge is 0.271 e. The lowest BCUT2D eigenvalue weighted by molar-refractivity contribution is -0.113. The molecule has 0 saturated heterocycles. The topological polar surface area (TPSA) is 81.9 Å². The summed E-state index contributed by atoms with van der Waals surface area (Å²) in [7, 11) is 1.52. The summed E-state index contributed by atoms with van der Waals surface area (Å²) in [6, 6.07) is 17.4. The summed E-state index contributed by atoms with van der Waals surface area (Å²) in [6.07, 6.45) is 1.58. The van der Waals surface area contributed by atoms with Gasteiger partial charge in [-0.1, -0.05) is 53.3 Å². The summed E-state index contributed by atoms with van der Waals surface area (Å²) in [5.41, 5.74) is 2.21. The monoisotopic (exact) mass is 591 g/mol. The normalized spacial score (nSPS) is 15.0. The van der Waals surface area contributed by atoms with Crippen LogP contribution < -0.4 is 29.7 Å². The molecule has 0 fully saturated rings. The van der Waals surface area contributed by atoms with Gasteiger partial charge in [0.25, 0.3) is 11.5 Å². The van der Waals surface area contributed by atoms with Crippen molar-refractivity contribution < 1.29 is 18.7 Å². The van der Waals surface area contributed by atoms with E-state index in [0.717, 1.165) is 0 Å². The molecule has 0 aliphatic carbocycles. The van der Waals surface area contributed by atoms with E-state index in [1.54, 1.807) is 49.4 Å². The molecular weight excluding hydrogens is 565 g/mol. The maximum atomic E-state index is 13.9. The molecule has 0 saturated carbocycles. The molecule has 7 nitrogen and oxygen atoms in total. The summed E-state index contributed by atoms with van der Waals surface area (Å²) in [6.45, 7) is 5.50. The maximum Gasteiger partial charge on any atom is 0.271 e. The third-order valence-corrected chi connectivity index (χ3v) is 7.65. The highest BCUT2D eigenvalue weighted by atomic mass is 35.5. The van der Waals surface area contributed by atoms with Gasteiger partial charge >= 0.3 is 0 Å². The summed E-state index contributed by atoms with van der Waals surface area (Å²) < 4.78 is 27.0. The quantitative estimate of drug-likeness (QED) is 0.309. The standard InChI is InChI=1S/C31H27ClFN3O4S/c1-17(2)40-28-23(32)14-19(15-24(28)39-4)16-25-30(38)36-27(20-10-12-21(33)13-11-20)26(18(3)34-31(36)41-25)29(37)35-22-8-6-5-7-9-22/h5-17,27H,1-4H3,(H,35,37)/b25-16-/t27-/m0/s1. The molecule has 2 heterocycles. The number of ether oxygens (including phenoxy) is 2. The van der Waals surface area contributed by atoms with Crippen LogP contribution in [0.5, 0.6) is 11.5 Å². The summed E-state index contributed by atoms with van der Waals surface area (Å²) in [5, 5.41) is 3.24. The molecule has 4 aromatic rings. The number of nitrogens with zero attached hydrogens (tertiary/aromatic N) is 2. The minimum atomic E-state index is -0.822. The van der Waals surface area contributed by atoms with Crippen LogP contribution in [0.2, 0.25) is 5.02 Å². The number of hydrogen-bond donors (Lipinski definition) is 1. The Labute approximate surface area is 244 Å². The molecule has 0 radical (unpaired) electrons. The average Bonchev–Trinajstić information content (AvgIpc) is 3.24. The Morgan fingerprint density at radius 3 is 2.51 bits per heavy atom. The molecule has 1 aromatic heterocycles. The molecule has 3 aromatic carbocycles. The van der Waals surface area contributed by atoms with Gasteiger partial charge in [0, 0.05) is 5.69 Å². The zero-order valence-electron chi connectivity index (χ0n) is 22.8. The molecule has 1 atom stereocenters. The molecule has 0 spiro atoms. The van der Waals surface area contributed by atoms with Crippen molar-refractivity contribution >= 4 is 40.6 Å². The Kier molecular flexibility index (Phi) is 8.10. The Bertz CT molecular complexity index is 1830. The second-order valence-corrected chi connectivity index (χ2v) is 11.1. The predicted octanol–water partition coefficient (Wildman–Crippen LogP) is 5.46. The van der Waals surface area contributed by atoms with Crippen molar-refractivity contribution in [2.75, 3.05) is 12.4 Å². The third-order valence-electron chi connectivity index (χ3n) is 6.39. The first kappa shape index (κ1) is 28.3. The van der Waals surface area contributed by atoms with E-state index in [1.807, 2.05) is 32.0 Å². The SMILES string of the molecule is COc1cc(/C=c2\sc3n(c2=O)[C@@H](c2ccc(F)cc2)C(C(=O)Nc2ccccc2)=C(C)N=3)cc(Cl)c1OC(C)C. The molecule has 0 unspecified atom stereocenters. The van der Waals surface area contributed by atoms with Gasteiger partial charge in [0.2, 0.25) is 0 Å². The number of aromatic nitrogens is 1. The number of benzene rings is 3. The maximum absolute atomic E-state index is 13.9. The molecule has 1 aliphatic rings. The van der Waals surface area contributed by atoms with Crippen LogP contribution in [0.15, 0.2) is 87.8 Å². The number of allylic oxidation sites excluding steroid dienone is 1. The van der Waals surface area contributed by atoms with E-state index in [4.69, 9.17) is 21.1 Å². The van der Waals surface area contributed by atoms with Crippen molar-refractivity contribution in [2.24, 2.45) is 4.99 Å². The summed E-state index contributed by atoms with van der Waals surface area (Å²) >= 11 is 7.70. The van der Waals surface area contributed by atoms with E-state index in [1.165, 1.54) is 35.1 Å². The molecule has 10 heteroatoms. The van der Waals surface area contributed by atoms with Gasteiger partial charge in [-0.3, -0.25) is 14.2 Å². The largest absolute Gasteiger partial charge is 0.493 e. The average molecular weight is 592 g/mol. The van der Waals surface area contributed by atoms with Crippen molar-refractivity contribution in [2.45, 2.75) is 32.9 Å². The van der Waals surface area contributed by atoms with Gasteiger partial charge in [-0.25, -0.2) is 9.38 Å². The van der Waals surface area contributed by atoms with Crippen molar-refractivity contribution in [3.63, 3.8) is 0 Å². The Balaban J connectivity index is 1.65. The van der Waals surface area contributed by atoms with Crippen molar-refractivity contribution in [1.82, 2.24) is 4.57 Å². The number of methoxy groups -OCH3 is 1. The zero-order chi connectivity index (χ0) is 29.3. The lowest BCUT2D eigenvalue weighted by atomic mass is 9.95. The number of carbonyl (C=O) groups excluding carboxylic acids is 1. The van der Waals surface area contributed by atoms with Gasteiger partial charge in [0.05, 0.1) is 40.1 Å². The number of rotatable bonds is 7. The Morgan fingerprint density at radius 1 is 1.15 bits per heavy atom. The number of carbonyl (C=O) groups is 1. The Hall–Kier alpha value is -4.21. The van der Waals surface area contributed by atoms with Gasteiger partial charge < -0.3 is 14.8 Å². The van der Waals surface area contributed by atoms with Gasteiger partial charge in [-0.2, -0.15) is 0 Å². The van der Waals surface area contributed by atoms with Crippen LogP contribution in [0.1, 0.15) is 37.9 Å². The van der Waals surface area contributed by atoms with Crippen LogP contribution in [0.4, 0.5) is 10.1 Å². The van der Waals surface area contributed by atoms with Crippen molar-refractivity contribution in [3.05, 3.63) is 120 Å².